The molecule has 0 aromatic carbocycles. The van der Waals surface area contributed by atoms with Crippen LogP contribution in [0.1, 0.15) is 106 Å². The number of hydrogen-bond acceptors (Lipinski definition) is 4. The highest BCUT2D eigenvalue weighted by molar-refractivity contribution is 6.00. The molecule has 2 unspecified atom stereocenters. The van der Waals surface area contributed by atoms with Crippen molar-refractivity contribution in [3.63, 3.8) is 0 Å². The Morgan fingerprint density at radius 1 is 0.808 bits per heavy atom. The van der Waals surface area contributed by atoms with Crippen LogP contribution in [0.3, 0.4) is 0 Å². The standard InChI is InChI=1S/C22H42O4/c1-7-11-12-13-14-15-16-17-25-20(23)22(9-3,10-4)21(24)26-19(6)18(5)8-2/h18-19H,7-17H2,1-6H3. The Balaban J connectivity index is 4.47. The van der Waals surface area contributed by atoms with E-state index in [1.54, 1.807) is 0 Å². The van der Waals surface area contributed by atoms with Gasteiger partial charge in [0.25, 0.3) is 0 Å². The quantitative estimate of drug-likeness (QED) is 0.200. The molecule has 0 aliphatic carbocycles. The Morgan fingerprint density at radius 3 is 1.85 bits per heavy atom. The Labute approximate surface area is 161 Å². The molecule has 4 heteroatoms. The molecule has 0 aliphatic rings. The average Bonchev–Trinajstić information content (AvgIpc) is 2.64. The highest BCUT2D eigenvalue weighted by atomic mass is 16.6. The van der Waals surface area contributed by atoms with Crippen LogP contribution in [0.15, 0.2) is 0 Å². The number of esters is 2. The Hall–Kier alpha value is -1.06. The van der Waals surface area contributed by atoms with Gasteiger partial charge in [0.2, 0.25) is 0 Å². The van der Waals surface area contributed by atoms with Gasteiger partial charge in [-0.1, -0.05) is 79.6 Å². The third kappa shape index (κ3) is 8.09. The third-order valence-corrected chi connectivity index (χ3v) is 5.71. The molecule has 0 radical (unpaired) electrons. The lowest BCUT2D eigenvalue weighted by Crippen LogP contribution is -2.43. The van der Waals surface area contributed by atoms with Crippen LogP contribution in [0.25, 0.3) is 0 Å². The van der Waals surface area contributed by atoms with Crippen molar-refractivity contribution in [1.29, 1.82) is 0 Å². The second kappa shape index (κ2) is 14.1. The van der Waals surface area contributed by atoms with Crippen molar-refractivity contribution in [2.45, 2.75) is 112 Å². The molecule has 0 bridgehead atoms. The number of unbranched alkanes of at least 4 members (excludes halogenated alkanes) is 6. The SMILES string of the molecule is CCCCCCCCCOC(=O)C(CC)(CC)C(=O)OC(C)C(C)CC. The van der Waals surface area contributed by atoms with E-state index in [0.717, 1.165) is 19.3 Å². The molecule has 26 heavy (non-hydrogen) atoms. The molecule has 0 aromatic rings. The van der Waals surface area contributed by atoms with Crippen LogP contribution < -0.4 is 0 Å². The summed E-state index contributed by atoms with van der Waals surface area (Å²) in [4.78, 5) is 25.4. The molecule has 0 saturated carbocycles. The summed E-state index contributed by atoms with van der Waals surface area (Å²) in [5.74, 6) is -0.580. The topological polar surface area (TPSA) is 52.6 Å². The van der Waals surface area contributed by atoms with Gasteiger partial charge in [-0.3, -0.25) is 9.59 Å². The van der Waals surface area contributed by atoms with Crippen LogP contribution in [0, 0.1) is 11.3 Å². The number of hydrogen-bond donors (Lipinski definition) is 0. The van der Waals surface area contributed by atoms with E-state index >= 15 is 0 Å². The summed E-state index contributed by atoms with van der Waals surface area (Å²) in [6.45, 7) is 12.3. The fourth-order valence-corrected chi connectivity index (χ4v) is 3.00. The van der Waals surface area contributed by atoms with Gasteiger partial charge < -0.3 is 9.47 Å². The van der Waals surface area contributed by atoms with E-state index in [9.17, 15) is 9.59 Å². The summed E-state index contributed by atoms with van der Waals surface area (Å²) in [5.41, 5.74) is -1.16. The van der Waals surface area contributed by atoms with Gasteiger partial charge in [-0.15, -0.1) is 0 Å². The van der Waals surface area contributed by atoms with Crippen LogP contribution >= 0.6 is 0 Å². The van der Waals surface area contributed by atoms with Crippen LogP contribution in [0.2, 0.25) is 0 Å². The van der Waals surface area contributed by atoms with E-state index < -0.39 is 17.4 Å². The average molecular weight is 371 g/mol. The second-order valence-corrected chi connectivity index (χ2v) is 7.54. The van der Waals surface area contributed by atoms with E-state index in [2.05, 4.69) is 20.8 Å². The van der Waals surface area contributed by atoms with Crippen molar-refractivity contribution in [2.75, 3.05) is 6.61 Å². The molecule has 0 N–H and O–H groups in total. The number of ether oxygens (including phenoxy) is 2. The van der Waals surface area contributed by atoms with Crippen molar-refractivity contribution < 1.29 is 19.1 Å². The maximum atomic E-state index is 12.7. The summed E-state index contributed by atoms with van der Waals surface area (Å²) in [6, 6.07) is 0. The van der Waals surface area contributed by atoms with Crippen LogP contribution in [0.5, 0.6) is 0 Å². The van der Waals surface area contributed by atoms with E-state index in [1.165, 1.54) is 32.1 Å². The normalized spacial score (nSPS) is 13.9. The van der Waals surface area contributed by atoms with Gasteiger partial charge in [0.1, 0.15) is 6.10 Å². The van der Waals surface area contributed by atoms with Gasteiger partial charge >= 0.3 is 11.9 Å². The molecule has 0 rings (SSSR count). The monoisotopic (exact) mass is 370 g/mol. The van der Waals surface area contributed by atoms with Crippen molar-refractivity contribution in [2.24, 2.45) is 11.3 Å². The summed E-state index contributed by atoms with van der Waals surface area (Å²) in [7, 11) is 0. The van der Waals surface area contributed by atoms with Crippen LogP contribution in [-0.2, 0) is 19.1 Å². The maximum Gasteiger partial charge on any atom is 0.323 e. The lowest BCUT2D eigenvalue weighted by Gasteiger charge is -2.30. The number of rotatable bonds is 15. The molecule has 0 saturated heterocycles. The molecular weight excluding hydrogens is 328 g/mol. The largest absolute Gasteiger partial charge is 0.465 e. The molecule has 154 valence electrons. The van der Waals surface area contributed by atoms with Crippen molar-refractivity contribution in [3.05, 3.63) is 0 Å². The Kier molecular flexibility index (Phi) is 13.5. The maximum absolute atomic E-state index is 12.7. The highest BCUT2D eigenvalue weighted by Crippen LogP contribution is 2.31. The fraction of sp³-hybridized carbons (Fsp3) is 0.909. The molecule has 0 fully saturated rings. The zero-order chi connectivity index (χ0) is 20.0. The molecule has 2 atom stereocenters. The van der Waals surface area contributed by atoms with Crippen LogP contribution in [0.4, 0.5) is 0 Å². The summed E-state index contributed by atoms with van der Waals surface area (Å²) in [5, 5.41) is 0. The zero-order valence-electron chi connectivity index (χ0n) is 18.1. The lowest BCUT2D eigenvalue weighted by molar-refractivity contribution is -0.177. The van der Waals surface area contributed by atoms with Gasteiger partial charge in [-0.25, -0.2) is 0 Å². The van der Waals surface area contributed by atoms with Crippen molar-refractivity contribution in [3.8, 4) is 0 Å². The van der Waals surface area contributed by atoms with E-state index in [4.69, 9.17) is 9.47 Å². The summed E-state index contributed by atoms with van der Waals surface area (Å²) >= 11 is 0. The summed E-state index contributed by atoms with van der Waals surface area (Å²) in [6.07, 6.45) is 9.73. The third-order valence-electron chi connectivity index (χ3n) is 5.71. The minimum absolute atomic E-state index is 0.194. The zero-order valence-corrected chi connectivity index (χ0v) is 18.1. The van der Waals surface area contributed by atoms with E-state index in [-0.39, 0.29) is 12.0 Å². The van der Waals surface area contributed by atoms with Gasteiger partial charge in [-0.05, 0) is 32.1 Å². The van der Waals surface area contributed by atoms with Crippen molar-refractivity contribution >= 4 is 11.9 Å². The first-order valence-electron chi connectivity index (χ1n) is 10.8. The molecule has 0 aromatic heterocycles. The van der Waals surface area contributed by atoms with Gasteiger partial charge in [0.05, 0.1) is 6.61 Å². The number of carbonyl (C=O) groups excluding carboxylic acids is 2. The van der Waals surface area contributed by atoms with E-state index in [1.807, 2.05) is 20.8 Å². The first kappa shape index (κ1) is 24.9. The van der Waals surface area contributed by atoms with Crippen LogP contribution in [-0.4, -0.2) is 24.6 Å². The van der Waals surface area contributed by atoms with E-state index in [0.29, 0.717) is 19.4 Å². The molecule has 0 aliphatic heterocycles. The first-order valence-corrected chi connectivity index (χ1v) is 10.8. The van der Waals surface area contributed by atoms with Crippen molar-refractivity contribution in [1.82, 2.24) is 0 Å². The first-order chi connectivity index (χ1) is 12.4. The molecule has 0 amide bonds. The highest BCUT2D eigenvalue weighted by Gasteiger charge is 2.46. The predicted octanol–water partition coefficient (Wildman–Crippen LogP) is 6.06. The molecule has 4 nitrogen and oxygen atoms in total. The second-order valence-electron chi connectivity index (χ2n) is 7.54. The fourth-order valence-electron chi connectivity index (χ4n) is 3.00. The predicted molar refractivity (Wildman–Crippen MR) is 107 cm³/mol. The molecular formula is C22H42O4. The lowest BCUT2D eigenvalue weighted by atomic mass is 9.82. The number of carbonyl (C=O) groups is 2. The Bertz CT molecular complexity index is 388. The summed E-state index contributed by atoms with van der Waals surface area (Å²) < 4.78 is 11.1. The van der Waals surface area contributed by atoms with Gasteiger partial charge in [0.15, 0.2) is 5.41 Å². The molecule has 0 heterocycles. The smallest absolute Gasteiger partial charge is 0.323 e. The van der Waals surface area contributed by atoms with Gasteiger partial charge in [0, 0.05) is 0 Å². The molecule has 0 spiro atoms. The minimum Gasteiger partial charge on any atom is -0.465 e. The minimum atomic E-state index is -1.16. The van der Waals surface area contributed by atoms with Gasteiger partial charge in [-0.2, -0.15) is 0 Å². The Morgan fingerprint density at radius 2 is 1.35 bits per heavy atom.